The Bertz CT molecular complexity index is 877. The zero-order valence-electron chi connectivity index (χ0n) is 11.9. The number of nitro benzene ring substituents is 1. The van der Waals surface area contributed by atoms with Crippen LogP contribution in [0.4, 0.5) is 16.5 Å². The van der Waals surface area contributed by atoms with Crippen LogP contribution in [0.1, 0.15) is 12.5 Å². The number of amides is 1. The Labute approximate surface area is 134 Å². The van der Waals surface area contributed by atoms with Crippen LogP contribution in [-0.2, 0) is 14.8 Å². The van der Waals surface area contributed by atoms with Crippen molar-refractivity contribution in [2.24, 2.45) is 0 Å². The van der Waals surface area contributed by atoms with Crippen molar-refractivity contribution < 1.29 is 18.1 Å². The highest BCUT2D eigenvalue weighted by Crippen LogP contribution is 2.28. The van der Waals surface area contributed by atoms with Gasteiger partial charge in [-0.05, 0) is 13.0 Å². The minimum absolute atomic E-state index is 0.0358. The molecule has 0 bridgehead atoms. The molecule has 122 valence electrons. The van der Waals surface area contributed by atoms with E-state index < -0.39 is 20.9 Å². The van der Waals surface area contributed by atoms with Crippen LogP contribution in [0.5, 0.6) is 0 Å². The van der Waals surface area contributed by atoms with Gasteiger partial charge in [-0.2, -0.15) is 8.42 Å². The summed E-state index contributed by atoms with van der Waals surface area (Å²) in [5.41, 5.74) is 0.0320. The van der Waals surface area contributed by atoms with Crippen molar-refractivity contribution in [2.75, 3.05) is 10.0 Å². The molecule has 2 N–H and O–H groups in total. The van der Waals surface area contributed by atoms with Gasteiger partial charge in [0.25, 0.3) is 20.1 Å². The number of benzene rings is 1. The molecular formula is C11H11N5O5S2. The summed E-state index contributed by atoms with van der Waals surface area (Å²) in [6.07, 6.45) is 0. The average Bonchev–Trinajstić information content (AvgIpc) is 2.89. The van der Waals surface area contributed by atoms with Gasteiger partial charge in [0.1, 0.15) is 0 Å². The molecule has 0 atom stereocenters. The number of nitrogens with one attached hydrogen (secondary N) is 2. The second-order valence-electron chi connectivity index (χ2n) is 4.37. The number of sulfonamides is 1. The fourth-order valence-corrected chi connectivity index (χ4v) is 3.71. The molecule has 0 aliphatic rings. The van der Waals surface area contributed by atoms with E-state index in [0.29, 0.717) is 11.3 Å². The third kappa shape index (κ3) is 3.78. The number of hydrogen-bond acceptors (Lipinski definition) is 8. The van der Waals surface area contributed by atoms with Crippen molar-refractivity contribution in [3.8, 4) is 0 Å². The SMILES string of the molecule is CC(=O)Nc1nnc(S(=O)(=O)Nc2cccc([N+](=O)[O-])c2C)s1. The lowest BCUT2D eigenvalue weighted by atomic mass is 10.2. The topological polar surface area (TPSA) is 144 Å². The third-order valence-corrected chi connectivity index (χ3v) is 5.24. The van der Waals surface area contributed by atoms with Crippen LogP contribution in [0.25, 0.3) is 0 Å². The normalized spacial score (nSPS) is 11.0. The van der Waals surface area contributed by atoms with Crippen molar-refractivity contribution >= 4 is 43.8 Å². The molecule has 1 heterocycles. The summed E-state index contributed by atoms with van der Waals surface area (Å²) in [6.45, 7) is 2.68. The van der Waals surface area contributed by atoms with Crippen molar-refractivity contribution in [2.45, 2.75) is 18.2 Å². The number of carbonyl (C=O) groups excluding carboxylic acids is 1. The van der Waals surface area contributed by atoms with Crippen LogP contribution in [0.15, 0.2) is 22.5 Å². The number of nitrogens with zero attached hydrogens (tertiary/aromatic N) is 3. The van der Waals surface area contributed by atoms with Gasteiger partial charge in [0.05, 0.1) is 16.2 Å². The van der Waals surface area contributed by atoms with E-state index in [2.05, 4.69) is 20.2 Å². The summed E-state index contributed by atoms with van der Waals surface area (Å²) in [5, 5.41) is 20.3. The van der Waals surface area contributed by atoms with E-state index in [-0.39, 0.29) is 26.4 Å². The molecule has 0 fully saturated rings. The Morgan fingerprint density at radius 3 is 2.65 bits per heavy atom. The summed E-state index contributed by atoms with van der Waals surface area (Å²) in [5.74, 6) is -0.410. The molecular weight excluding hydrogens is 346 g/mol. The largest absolute Gasteiger partial charge is 0.301 e. The van der Waals surface area contributed by atoms with Crippen molar-refractivity contribution in [1.82, 2.24) is 10.2 Å². The number of aromatic nitrogens is 2. The second-order valence-corrected chi connectivity index (χ2v) is 7.20. The number of rotatable bonds is 5. The second kappa shape index (κ2) is 6.26. The van der Waals surface area contributed by atoms with Gasteiger partial charge in [0.2, 0.25) is 11.0 Å². The van der Waals surface area contributed by atoms with Crippen molar-refractivity contribution in [3.63, 3.8) is 0 Å². The average molecular weight is 357 g/mol. The molecule has 12 heteroatoms. The summed E-state index contributed by atoms with van der Waals surface area (Å²) in [7, 11) is -4.07. The predicted molar refractivity (Wildman–Crippen MR) is 82.9 cm³/mol. The van der Waals surface area contributed by atoms with E-state index in [9.17, 15) is 23.3 Å². The Kier molecular flexibility index (Phi) is 4.56. The van der Waals surface area contributed by atoms with Crippen molar-refractivity contribution in [3.05, 3.63) is 33.9 Å². The first-order valence-electron chi connectivity index (χ1n) is 6.08. The lowest BCUT2D eigenvalue weighted by Crippen LogP contribution is -2.14. The third-order valence-electron chi connectivity index (χ3n) is 2.67. The van der Waals surface area contributed by atoms with Gasteiger partial charge in [-0.25, -0.2) is 0 Å². The molecule has 0 aliphatic carbocycles. The Morgan fingerprint density at radius 1 is 1.35 bits per heavy atom. The number of hydrogen-bond donors (Lipinski definition) is 2. The molecule has 2 aromatic rings. The van der Waals surface area contributed by atoms with Crippen LogP contribution >= 0.6 is 11.3 Å². The van der Waals surface area contributed by atoms with Crippen LogP contribution in [0, 0.1) is 17.0 Å². The van der Waals surface area contributed by atoms with E-state index in [0.717, 1.165) is 0 Å². The Morgan fingerprint density at radius 2 is 2.04 bits per heavy atom. The smallest absolute Gasteiger partial charge is 0.291 e. The summed E-state index contributed by atoms with van der Waals surface area (Å²) >= 11 is 0.665. The molecule has 1 amide bonds. The monoisotopic (exact) mass is 357 g/mol. The van der Waals surface area contributed by atoms with Gasteiger partial charge >= 0.3 is 0 Å². The number of carbonyl (C=O) groups is 1. The van der Waals surface area contributed by atoms with Gasteiger partial charge < -0.3 is 5.32 Å². The zero-order chi connectivity index (χ0) is 17.2. The standard InChI is InChI=1S/C11H11N5O5S2/c1-6-8(4-3-5-9(6)16(18)19)15-23(20,21)11-14-13-10(22-11)12-7(2)17/h3-5,15H,1-2H3,(H,12,13,17). The molecule has 10 nitrogen and oxygen atoms in total. The molecule has 0 saturated heterocycles. The minimum atomic E-state index is -4.07. The van der Waals surface area contributed by atoms with E-state index in [1.165, 1.54) is 32.0 Å². The predicted octanol–water partition coefficient (Wildman–Crippen LogP) is 1.51. The maximum absolute atomic E-state index is 12.2. The first kappa shape index (κ1) is 16.8. The van der Waals surface area contributed by atoms with Gasteiger partial charge in [-0.3, -0.25) is 19.6 Å². The van der Waals surface area contributed by atoms with E-state index >= 15 is 0 Å². The van der Waals surface area contributed by atoms with Gasteiger partial charge in [-0.15, -0.1) is 10.2 Å². The lowest BCUT2D eigenvalue weighted by Gasteiger charge is -2.08. The minimum Gasteiger partial charge on any atom is -0.301 e. The molecule has 23 heavy (non-hydrogen) atoms. The first-order chi connectivity index (χ1) is 10.7. The molecule has 0 spiro atoms. The van der Waals surface area contributed by atoms with Gasteiger partial charge in [-0.1, -0.05) is 17.4 Å². The van der Waals surface area contributed by atoms with E-state index in [1.807, 2.05) is 0 Å². The lowest BCUT2D eigenvalue weighted by molar-refractivity contribution is -0.385. The Hall–Kier alpha value is -2.60. The number of nitro groups is 1. The maximum atomic E-state index is 12.2. The van der Waals surface area contributed by atoms with Crippen LogP contribution in [0.3, 0.4) is 0 Å². The van der Waals surface area contributed by atoms with E-state index in [4.69, 9.17) is 0 Å². The highest BCUT2D eigenvalue weighted by Gasteiger charge is 2.23. The number of anilines is 2. The quantitative estimate of drug-likeness (QED) is 0.469. The first-order valence-corrected chi connectivity index (χ1v) is 8.38. The van der Waals surface area contributed by atoms with Crippen molar-refractivity contribution in [1.29, 1.82) is 0 Å². The molecule has 0 aliphatic heterocycles. The van der Waals surface area contributed by atoms with Gasteiger partial charge in [0, 0.05) is 13.0 Å². The maximum Gasteiger partial charge on any atom is 0.291 e. The van der Waals surface area contributed by atoms with Crippen LogP contribution < -0.4 is 10.0 Å². The highest BCUT2D eigenvalue weighted by molar-refractivity contribution is 7.94. The molecule has 1 aromatic carbocycles. The molecule has 2 rings (SSSR count). The van der Waals surface area contributed by atoms with Gasteiger partial charge in [0.15, 0.2) is 0 Å². The summed E-state index contributed by atoms with van der Waals surface area (Å²) in [4.78, 5) is 21.2. The fourth-order valence-electron chi connectivity index (χ4n) is 1.64. The van der Waals surface area contributed by atoms with Crippen LogP contribution in [0.2, 0.25) is 0 Å². The summed E-state index contributed by atoms with van der Waals surface area (Å²) in [6, 6.07) is 4.04. The zero-order valence-corrected chi connectivity index (χ0v) is 13.6. The van der Waals surface area contributed by atoms with Crippen LogP contribution in [-0.4, -0.2) is 29.4 Å². The molecule has 0 unspecified atom stereocenters. The molecule has 0 radical (unpaired) electrons. The molecule has 0 saturated carbocycles. The Balaban J connectivity index is 2.32. The summed E-state index contributed by atoms with van der Waals surface area (Å²) < 4.78 is 26.4. The highest BCUT2D eigenvalue weighted by atomic mass is 32.2. The molecule has 1 aromatic heterocycles. The van der Waals surface area contributed by atoms with E-state index in [1.54, 1.807) is 0 Å². The fraction of sp³-hybridized carbons (Fsp3) is 0.182.